The molecule has 0 unspecified atom stereocenters. The second-order valence-corrected chi connectivity index (χ2v) is 7.26. The van der Waals surface area contributed by atoms with E-state index in [9.17, 15) is 9.59 Å². The van der Waals surface area contributed by atoms with Gasteiger partial charge in [-0.05, 0) is 39.3 Å². The van der Waals surface area contributed by atoms with Crippen LogP contribution >= 0.6 is 11.6 Å². The highest BCUT2D eigenvalue weighted by molar-refractivity contribution is 6.31. The quantitative estimate of drug-likeness (QED) is 0.619. The van der Waals surface area contributed by atoms with Gasteiger partial charge in [0.15, 0.2) is 0 Å². The maximum absolute atomic E-state index is 13.1. The van der Waals surface area contributed by atoms with E-state index in [2.05, 4.69) is 5.32 Å². The van der Waals surface area contributed by atoms with E-state index in [1.54, 1.807) is 45.9 Å². The van der Waals surface area contributed by atoms with Crippen molar-refractivity contribution < 1.29 is 23.8 Å². The van der Waals surface area contributed by atoms with Crippen molar-refractivity contribution in [1.29, 1.82) is 0 Å². The smallest absolute Gasteiger partial charge is 0.336 e. The van der Waals surface area contributed by atoms with Gasteiger partial charge in [-0.2, -0.15) is 0 Å². The Balaban J connectivity index is 2.73. The number of nitrogens with one attached hydrogen (secondary N) is 1. The third kappa shape index (κ3) is 4.91. The van der Waals surface area contributed by atoms with E-state index >= 15 is 0 Å². The van der Waals surface area contributed by atoms with Crippen molar-refractivity contribution in [2.45, 2.75) is 39.3 Å². The third-order valence-corrected chi connectivity index (χ3v) is 5.22. The van der Waals surface area contributed by atoms with Gasteiger partial charge in [-0.25, -0.2) is 4.79 Å². The molecule has 0 saturated heterocycles. The highest BCUT2D eigenvalue weighted by Gasteiger charge is 2.53. The second-order valence-electron chi connectivity index (χ2n) is 6.86. The van der Waals surface area contributed by atoms with Gasteiger partial charge < -0.3 is 25.3 Å². The molecule has 1 aromatic rings. The average molecular weight is 425 g/mol. The molecule has 0 spiro atoms. The molecule has 0 radical (unpaired) electrons. The van der Waals surface area contributed by atoms with Crippen LogP contribution in [0.4, 0.5) is 0 Å². The molecule has 0 amide bonds. The number of carbonyl (C=O) groups is 2. The van der Waals surface area contributed by atoms with Crippen molar-refractivity contribution in [3.63, 3.8) is 0 Å². The first-order valence-corrected chi connectivity index (χ1v) is 10.1. The zero-order chi connectivity index (χ0) is 21.6. The molecule has 1 aliphatic heterocycles. The van der Waals surface area contributed by atoms with Gasteiger partial charge in [0.25, 0.3) is 0 Å². The van der Waals surface area contributed by atoms with Crippen LogP contribution in [0.15, 0.2) is 35.5 Å². The molecule has 0 saturated carbocycles. The maximum atomic E-state index is 13.1. The summed E-state index contributed by atoms with van der Waals surface area (Å²) in [5.74, 6) is -2.63. The summed E-state index contributed by atoms with van der Waals surface area (Å²) in [5.41, 5.74) is 5.97. The fourth-order valence-corrected chi connectivity index (χ4v) is 4.03. The molecule has 1 aliphatic rings. The number of esters is 2. The minimum absolute atomic E-state index is 0.189. The second kappa shape index (κ2) is 10.1. The van der Waals surface area contributed by atoms with Crippen LogP contribution in [-0.2, 0) is 23.8 Å². The first-order chi connectivity index (χ1) is 13.8. The fraction of sp³-hybridized carbons (Fsp3) is 0.524. The van der Waals surface area contributed by atoms with E-state index in [-0.39, 0.29) is 26.4 Å². The van der Waals surface area contributed by atoms with Crippen LogP contribution < -0.4 is 11.1 Å². The van der Waals surface area contributed by atoms with Crippen molar-refractivity contribution in [3.05, 3.63) is 46.1 Å². The SMILES string of the molecule is CCOC(=O)C1=C(C)N[C@@](C)(OCCN)[C@@H](C(=O)OCC)[C@H]1c1ccccc1Cl. The molecule has 1 heterocycles. The fourth-order valence-electron chi connectivity index (χ4n) is 3.78. The van der Waals surface area contributed by atoms with Crippen LogP contribution in [-0.4, -0.2) is 44.0 Å². The Morgan fingerprint density at radius 1 is 1.21 bits per heavy atom. The molecule has 0 fully saturated rings. The van der Waals surface area contributed by atoms with Crippen LogP contribution in [0, 0.1) is 5.92 Å². The number of allylic oxidation sites excluding steroid dienone is 1. The maximum Gasteiger partial charge on any atom is 0.336 e. The van der Waals surface area contributed by atoms with Crippen LogP contribution in [0.2, 0.25) is 5.02 Å². The summed E-state index contributed by atoms with van der Waals surface area (Å²) in [6.07, 6.45) is 0. The number of nitrogens with two attached hydrogens (primary N) is 1. The van der Waals surface area contributed by atoms with Gasteiger partial charge in [0.2, 0.25) is 0 Å². The summed E-state index contributed by atoms with van der Waals surface area (Å²) >= 11 is 6.49. The molecular formula is C21H29ClN2O5. The first-order valence-electron chi connectivity index (χ1n) is 9.71. The average Bonchev–Trinajstić information content (AvgIpc) is 2.66. The Kier molecular flexibility index (Phi) is 8.07. The number of benzene rings is 1. The van der Waals surface area contributed by atoms with Gasteiger partial charge in [-0.3, -0.25) is 4.79 Å². The molecule has 0 bridgehead atoms. The number of hydrogen-bond donors (Lipinski definition) is 2. The van der Waals surface area contributed by atoms with Crippen LogP contribution in [0.5, 0.6) is 0 Å². The van der Waals surface area contributed by atoms with Crippen molar-refractivity contribution >= 4 is 23.5 Å². The summed E-state index contributed by atoms with van der Waals surface area (Å²) < 4.78 is 16.6. The van der Waals surface area contributed by atoms with Gasteiger partial charge in [-0.15, -0.1) is 0 Å². The number of carbonyl (C=O) groups excluding carboxylic acids is 2. The van der Waals surface area contributed by atoms with E-state index in [0.717, 1.165) is 0 Å². The summed E-state index contributed by atoms with van der Waals surface area (Å²) in [6, 6.07) is 7.11. The molecule has 160 valence electrons. The highest BCUT2D eigenvalue weighted by Crippen LogP contribution is 2.46. The monoisotopic (exact) mass is 424 g/mol. The lowest BCUT2D eigenvalue weighted by Gasteiger charge is -2.46. The van der Waals surface area contributed by atoms with E-state index in [4.69, 9.17) is 31.5 Å². The van der Waals surface area contributed by atoms with E-state index in [0.29, 0.717) is 21.9 Å². The number of halogens is 1. The highest BCUT2D eigenvalue weighted by atomic mass is 35.5. The summed E-state index contributed by atoms with van der Waals surface area (Å²) in [6.45, 7) is 7.84. The minimum Gasteiger partial charge on any atom is -0.466 e. The van der Waals surface area contributed by atoms with Gasteiger partial charge in [0.05, 0.1) is 25.4 Å². The number of ether oxygens (including phenoxy) is 3. The lowest BCUT2D eigenvalue weighted by Crippen LogP contribution is -2.59. The predicted molar refractivity (Wildman–Crippen MR) is 110 cm³/mol. The molecular weight excluding hydrogens is 396 g/mol. The lowest BCUT2D eigenvalue weighted by atomic mass is 9.72. The van der Waals surface area contributed by atoms with E-state index in [1.165, 1.54) is 0 Å². The largest absolute Gasteiger partial charge is 0.466 e. The van der Waals surface area contributed by atoms with Gasteiger partial charge in [0, 0.05) is 23.2 Å². The number of hydrogen-bond acceptors (Lipinski definition) is 7. The van der Waals surface area contributed by atoms with Crippen molar-refractivity contribution in [1.82, 2.24) is 5.32 Å². The summed E-state index contributed by atoms with van der Waals surface area (Å²) in [4.78, 5) is 26.0. The van der Waals surface area contributed by atoms with Crippen LogP contribution in [0.1, 0.15) is 39.2 Å². The normalized spacial score (nSPS) is 24.1. The molecule has 1 aromatic carbocycles. The molecule has 29 heavy (non-hydrogen) atoms. The molecule has 3 N–H and O–H groups in total. The Bertz CT molecular complexity index is 782. The van der Waals surface area contributed by atoms with Crippen molar-refractivity contribution in [2.24, 2.45) is 11.7 Å². The van der Waals surface area contributed by atoms with Crippen molar-refractivity contribution in [2.75, 3.05) is 26.4 Å². The van der Waals surface area contributed by atoms with Crippen LogP contribution in [0.3, 0.4) is 0 Å². The van der Waals surface area contributed by atoms with Gasteiger partial charge >= 0.3 is 11.9 Å². The molecule has 0 aromatic heterocycles. The molecule has 3 atom stereocenters. The standard InChI is InChI=1S/C21H29ClN2O5/c1-5-27-19(25)16-13(3)24-21(4,29-12-11-23)18(20(26)28-6-2)17(16)14-9-7-8-10-15(14)22/h7-10,17-18,24H,5-6,11-12,23H2,1-4H3/t17-,18+,21-/m0/s1. The Hall–Kier alpha value is -2.09. The van der Waals surface area contributed by atoms with Gasteiger partial charge in [-0.1, -0.05) is 29.8 Å². The van der Waals surface area contributed by atoms with E-state index < -0.39 is 29.5 Å². The zero-order valence-electron chi connectivity index (χ0n) is 17.3. The van der Waals surface area contributed by atoms with E-state index in [1.807, 2.05) is 6.07 Å². The minimum atomic E-state index is -1.16. The summed E-state index contributed by atoms with van der Waals surface area (Å²) in [5, 5.41) is 3.62. The van der Waals surface area contributed by atoms with Gasteiger partial charge in [0.1, 0.15) is 11.6 Å². The predicted octanol–water partition coefficient (Wildman–Crippen LogP) is 2.73. The summed E-state index contributed by atoms with van der Waals surface area (Å²) in [7, 11) is 0. The lowest BCUT2D eigenvalue weighted by molar-refractivity contribution is -0.169. The molecule has 2 rings (SSSR count). The Morgan fingerprint density at radius 3 is 2.45 bits per heavy atom. The number of rotatable bonds is 8. The molecule has 7 nitrogen and oxygen atoms in total. The zero-order valence-corrected chi connectivity index (χ0v) is 18.0. The van der Waals surface area contributed by atoms with Crippen molar-refractivity contribution in [3.8, 4) is 0 Å². The van der Waals surface area contributed by atoms with Crippen LogP contribution in [0.25, 0.3) is 0 Å². The Labute approximate surface area is 176 Å². The Morgan fingerprint density at radius 2 is 1.86 bits per heavy atom. The third-order valence-electron chi connectivity index (χ3n) is 4.87. The topological polar surface area (TPSA) is 99.9 Å². The first kappa shape index (κ1) is 23.2. The molecule has 0 aliphatic carbocycles. The molecule has 8 heteroatoms.